The van der Waals surface area contributed by atoms with Gasteiger partial charge >= 0.3 is 5.92 Å². The van der Waals surface area contributed by atoms with Gasteiger partial charge in [0.05, 0.1) is 18.1 Å². The molecular formula is C12H12F2O3S. The van der Waals surface area contributed by atoms with Gasteiger partial charge in [0.1, 0.15) is 0 Å². The van der Waals surface area contributed by atoms with Crippen LogP contribution < -0.4 is 0 Å². The van der Waals surface area contributed by atoms with Crippen molar-refractivity contribution in [2.45, 2.75) is 30.2 Å². The van der Waals surface area contributed by atoms with Gasteiger partial charge in [-0.3, -0.25) is 0 Å². The third-order valence-corrected chi connectivity index (χ3v) is 5.08. The van der Waals surface area contributed by atoms with Gasteiger partial charge in [-0.25, -0.2) is 0 Å². The van der Waals surface area contributed by atoms with Crippen molar-refractivity contribution in [3.63, 3.8) is 0 Å². The van der Waals surface area contributed by atoms with Crippen LogP contribution in [-0.2, 0) is 25.6 Å². The predicted octanol–water partition coefficient (Wildman–Crippen LogP) is 2.60. The van der Waals surface area contributed by atoms with Crippen LogP contribution in [0.25, 0.3) is 0 Å². The molecule has 0 amide bonds. The van der Waals surface area contributed by atoms with Crippen molar-refractivity contribution in [3.05, 3.63) is 21.9 Å². The zero-order chi connectivity index (χ0) is 12.4. The first-order valence-corrected chi connectivity index (χ1v) is 6.90. The molecule has 0 aromatic carbocycles. The summed E-state index contributed by atoms with van der Waals surface area (Å²) in [6.07, 6.45) is 0.963. The molecule has 2 aliphatic heterocycles. The number of alkyl halides is 2. The van der Waals surface area contributed by atoms with Crippen LogP contribution in [0.2, 0.25) is 0 Å². The smallest absolute Gasteiger partial charge is 0.338 e. The lowest BCUT2D eigenvalue weighted by molar-refractivity contribution is -0.342. The van der Waals surface area contributed by atoms with Crippen LogP contribution in [0.1, 0.15) is 23.3 Å². The lowest BCUT2D eigenvalue weighted by atomic mass is 9.93. The van der Waals surface area contributed by atoms with Crippen molar-refractivity contribution >= 4 is 11.3 Å². The highest BCUT2D eigenvalue weighted by Crippen LogP contribution is 2.66. The van der Waals surface area contributed by atoms with E-state index in [1.54, 1.807) is 11.4 Å². The van der Waals surface area contributed by atoms with E-state index in [0.717, 1.165) is 0 Å². The Morgan fingerprint density at radius 3 is 2.56 bits per heavy atom. The van der Waals surface area contributed by atoms with Crippen molar-refractivity contribution in [2.24, 2.45) is 0 Å². The van der Waals surface area contributed by atoms with E-state index < -0.39 is 17.3 Å². The lowest BCUT2D eigenvalue weighted by Crippen LogP contribution is -2.53. The minimum Gasteiger partial charge on any atom is -0.363 e. The topological polar surface area (TPSA) is 27.7 Å². The number of ether oxygens (including phenoxy) is 3. The van der Waals surface area contributed by atoms with Crippen LogP contribution >= 0.6 is 11.3 Å². The average molecular weight is 274 g/mol. The predicted molar refractivity (Wildman–Crippen MR) is 59.7 cm³/mol. The summed E-state index contributed by atoms with van der Waals surface area (Å²) in [6, 6.07) is 1.68. The molecule has 98 valence electrons. The first-order chi connectivity index (χ1) is 8.64. The molecule has 1 aromatic rings. The molecule has 0 bridgehead atoms. The Bertz CT molecular complexity index is 447. The first kappa shape index (κ1) is 11.3. The van der Waals surface area contributed by atoms with Gasteiger partial charge in [-0.1, -0.05) is 0 Å². The number of halogens is 2. The van der Waals surface area contributed by atoms with Crippen LogP contribution in [0.3, 0.4) is 0 Å². The van der Waals surface area contributed by atoms with Gasteiger partial charge in [-0.15, -0.1) is 11.3 Å². The second-order valence-electron chi connectivity index (χ2n) is 4.83. The molecule has 2 saturated heterocycles. The molecule has 4 rings (SSSR count). The van der Waals surface area contributed by atoms with Crippen molar-refractivity contribution in [1.29, 1.82) is 0 Å². The van der Waals surface area contributed by atoms with E-state index in [0.29, 0.717) is 29.9 Å². The molecule has 3 nitrogen and oxygen atoms in total. The Hall–Kier alpha value is -0.560. The molecule has 1 unspecified atom stereocenters. The second-order valence-corrected chi connectivity index (χ2v) is 5.75. The van der Waals surface area contributed by atoms with E-state index in [-0.39, 0.29) is 13.2 Å². The molecular weight excluding hydrogens is 262 g/mol. The van der Waals surface area contributed by atoms with Crippen LogP contribution in [0, 0.1) is 0 Å². The first-order valence-electron chi connectivity index (χ1n) is 6.02. The highest BCUT2D eigenvalue weighted by molar-refractivity contribution is 7.10. The molecule has 1 aliphatic carbocycles. The molecule has 2 spiro atoms. The molecule has 0 radical (unpaired) electrons. The van der Waals surface area contributed by atoms with Gasteiger partial charge < -0.3 is 14.2 Å². The molecule has 3 aliphatic rings. The van der Waals surface area contributed by atoms with Crippen molar-refractivity contribution in [1.82, 2.24) is 0 Å². The number of fused-ring (bicyclic) bond motifs is 3. The summed E-state index contributed by atoms with van der Waals surface area (Å²) in [5, 5.41) is 1.80. The Morgan fingerprint density at radius 2 is 1.89 bits per heavy atom. The second kappa shape index (κ2) is 3.30. The van der Waals surface area contributed by atoms with Gasteiger partial charge in [-0.05, 0) is 24.3 Å². The van der Waals surface area contributed by atoms with E-state index in [1.165, 1.54) is 11.3 Å². The monoisotopic (exact) mass is 274 g/mol. The van der Waals surface area contributed by atoms with E-state index in [1.807, 2.05) is 0 Å². The van der Waals surface area contributed by atoms with Crippen LogP contribution in [0.4, 0.5) is 8.78 Å². The highest BCUT2D eigenvalue weighted by atomic mass is 32.1. The third-order valence-electron chi connectivity index (χ3n) is 4.02. The Kier molecular flexibility index (Phi) is 2.07. The Balaban J connectivity index is 1.98. The van der Waals surface area contributed by atoms with Gasteiger partial charge in [0.25, 0.3) is 5.79 Å². The SMILES string of the molecule is FC1(F)C2(CCCO2)c2sccc2C12OCCO2. The van der Waals surface area contributed by atoms with Crippen molar-refractivity contribution in [2.75, 3.05) is 19.8 Å². The minimum atomic E-state index is -3.17. The zero-order valence-corrected chi connectivity index (χ0v) is 10.4. The number of rotatable bonds is 0. The minimum absolute atomic E-state index is 0.195. The fourth-order valence-corrected chi connectivity index (χ4v) is 4.42. The maximum atomic E-state index is 14.9. The summed E-state index contributed by atoms with van der Waals surface area (Å²) in [7, 11) is 0. The van der Waals surface area contributed by atoms with E-state index in [2.05, 4.69) is 0 Å². The van der Waals surface area contributed by atoms with Crippen LogP contribution in [0.5, 0.6) is 0 Å². The fourth-order valence-electron chi connectivity index (χ4n) is 3.27. The standard InChI is InChI=1S/C12H12F2O3S/c13-12(14)10(3-1-4-15-10)9-8(2-7-18-9)11(12)16-5-6-17-11/h2,7H,1,3-6H2. The molecule has 0 N–H and O–H groups in total. The molecule has 2 fully saturated rings. The zero-order valence-electron chi connectivity index (χ0n) is 9.58. The maximum absolute atomic E-state index is 14.9. The maximum Gasteiger partial charge on any atom is 0.338 e. The summed E-state index contributed by atoms with van der Waals surface area (Å²) < 4.78 is 46.0. The molecule has 3 heterocycles. The summed E-state index contributed by atoms with van der Waals surface area (Å²) in [5.41, 5.74) is -1.09. The Labute approximate surface area is 107 Å². The van der Waals surface area contributed by atoms with Crippen LogP contribution in [0.15, 0.2) is 11.4 Å². The molecule has 1 aromatic heterocycles. The summed E-state index contributed by atoms with van der Waals surface area (Å²) in [4.78, 5) is 0.576. The van der Waals surface area contributed by atoms with Gasteiger partial charge in [0.2, 0.25) is 0 Å². The van der Waals surface area contributed by atoms with Crippen molar-refractivity contribution < 1.29 is 23.0 Å². The highest BCUT2D eigenvalue weighted by Gasteiger charge is 2.79. The van der Waals surface area contributed by atoms with E-state index >= 15 is 0 Å². The largest absolute Gasteiger partial charge is 0.363 e. The lowest BCUT2D eigenvalue weighted by Gasteiger charge is -2.37. The molecule has 6 heteroatoms. The van der Waals surface area contributed by atoms with E-state index in [4.69, 9.17) is 14.2 Å². The molecule has 0 saturated carbocycles. The Morgan fingerprint density at radius 1 is 1.11 bits per heavy atom. The van der Waals surface area contributed by atoms with Gasteiger partial charge in [0, 0.05) is 12.2 Å². The summed E-state index contributed by atoms with van der Waals surface area (Å²) in [5.74, 6) is -5.10. The number of hydrogen-bond donors (Lipinski definition) is 0. The van der Waals surface area contributed by atoms with Gasteiger partial charge in [-0.2, -0.15) is 8.78 Å². The van der Waals surface area contributed by atoms with Crippen molar-refractivity contribution in [3.8, 4) is 0 Å². The molecule has 1 atom stereocenters. The van der Waals surface area contributed by atoms with E-state index in [9.17, 15) is 8.78 Å². The average Bonchev–Trinajstić information content (AvgIpc) is 3.10. The number of hydrogen-bond acceptors (Lipinski definition) is 4. The molecule has 18 heavy (non-hydrogen) atoms. The summed E-state index contributed by atoms with van der Waals surface area (Å²) in [6.45, 7) is 0.755. The quantitative estimate of drug-likeness (QED) is 0.728. The summed E-state index contributed by atoms with van der Waals surface area (Å²) >= 11 is 1.31. The third kappa shape index (κ3) is 0.976. The fraction of sp³-hybridized carbons (Fsp3) is 0.667. The van der Waals surface area contributed by atoms with Gasteiger partial charge in [0.15, 0.2) is 5.60 Å². The normalized spacial score (nSPS) is 35.7. The number of thiophene rings is 1. The van der Waals surface area contributed by atoms with Crippen LogP contribution in [-0.4, -0.2) is 25.7 Å².